The zero-order valence-electron chi connectivity index (χ0n) is 18.3. The van der Waals surface area contributed by atoms with Gasteiger partial charge in [0.1, 0.15) is 23.7 Å². The van der Waals surface area contributed by atoms with Crippen LogP contribution >= 0.6 is 0 Å². The number of fused-ring (bicyclic) bond motifs is 1. The topological polar surface area (TPSA) is 91.5 Å². The Bertz CT molecular complexity index is 1320. The fourth-order valence-corrected chi connectivity index (χ4v) is 4.06. The molecule has 2 heterocycles. The maximum absolute atomic E-state index is 12.8. The van der Waals surface area contributed by atoms with Crippen LogP contribution in [0.1, 0.15) is 56.0 Å². The van der Waals surface area contributed by atoms with Gasteiger partial charge >= 0.3 is 0 Å². The van der Waals surface area contributed by atoms with Crippen molar-refractivity contribution in [1.82, 2.24) is 4.98 Å². The number of aromatic nitrogens is 1. The summed E-state index contributed by atoms with van der Waals surface area (Å²) in [6, 6.07) is 25.7. The van der Waals surface area contributed by atoms with E-state index >= 15 is 0 Å². The lowest BCUT2D eigenvalue weighted by atomic mass is 9.96. The molecule has 6 nitrogen and oxygen atoms in total. The van der Waals surface area contributed by atoms with Gasteiger partial charge < -0.3 is 15.2 Å². The second kappa shape index (κ2) is 9.19. The third-order valence-electron chi connectivity index (χ3n) is 5.83. The molecule has 0 radical (unpaired) electrons. The number of primary amides is 1. The van der Waals surface area contributed by atoms with Gasteiger partial charge in [-0.25, -0.2) is 0 Å². The number of rotatable bonds is 6. The average molecular weight is 450 g/mol. The second-order valence-electron chi connectivity index (χ2n) is 8.07. The number of nitrogens with two attached hydrogens (primary N) is 1. The Morgan fingerprint density at radius 1 is 0.941 bits per heavy atom. The van der Waals surface area contributed by atoms with E-state index in [1.165, 1.54) is 0 Å². The van der Waals surface area contributed by atoms with E-state index in [0.717, 1.165) is 16.7 Å². The molecule has 34 heavy (non-hydrogen) atoms. The van der Waals surface area contributed by atoms with Crippen LogP contribution in [0.5, 0.6) is 11.5 Å². The number of ether oxygens (including phenoxy) is 2. The van der Waals surface area contributed by atoms with Crippen LogP contribution in [-0.2, 0) is 0 Å². The summed E-state index contributed by atoms with van der Waals surface area (Å²) < 4.78 is 12.6. The van der Waals surface area contributed by atoms with E-state index in [-0.39, 0.29) is 11.9 Å². The van der Waals surface area contributed by atoms with Crippen molar-refractivity contribution < 1.29 is 19.1 Å². The van der Waals surface area contributed by atoms with Crippen LogP contribution in [-0.4, -0.2) is 16.7 Å². The second-order valence-corrected chi connectivity index (χ2v) is 8.07. The summed E-state index contributed by atoms with van der Waals surface area (Å²) in [5.41, 5.74) is 9.04. The normalized spacial score (nSPS) is 15.6. The monoisotopic (exact) mass is 450 g/mol. The Kier molecular flexibility index (Phi) is 5.79. The van der Waals surface area contributed by atoms with E-state index in [4.69, 9.17) is 15.2 Å². The fourth-order valence-electron chi connectivity index (χ4n) is 4.06. The predicted molar refractivity (Wildman–Crippen MR) is 127 cm³/mol. The number of benzene rings is 3. The van der Waals surface area contributed by atoms with Gasteiger partial charge in [0, 0.05) is 24.0 Å². The Balaban J connectivity index is 1.46. The molecule has 0 aliphatic carbocycles. The number of ketones is 1. The van der Waals surface area contributed by atoms with Crippen LogP contribution in [0.25, 0.3) is 0 Å². The molecule has 1 aliphatic heterocycles. The first-order valence-corrected chi connectivity index (χ1v) is 10.9. The van der Waals surface area contributed by atoms with E-state index in [1.54, 1.807) is 42.7 Å². The van der Waals surface area contributed by atoms with E-state index in [0.29, 0.717) is 29.0 Å². The zero-order chi connectivity index (χ0) is 23.5. The Morgan fingerprint density at radius 2 is 1.65 bits per heavy atom. The van der Waals surface area contributed by atoms with Crippen molar-refractivity contribution in [2.75, 3.05) is 0 Å². The summed E-state index contributed by atoms with van der Waals surface area (Å²) in [6.07, 6.45) is 2.88. The lowest BCUT2D eigenvalue weighted by Gasteiger charge is -2.27. The molecule has 1 unspecified atom stereocenters. The molecule has 5 rings (SSSR count). The summed E-state index contributed by atoms with van der Waals surface area (Å²) >= 11 is 0. The lowest BCUT2D eigenvalue weighted by molar-refractivity contribution is 0.0848. The molecular formula is C28H22N2O4. The molecule has 0 saturated carbocycles. The van der Waals surface area contributed by atoms with Gasteiger partial charge in [-0.2, -0.15) is 0 Å². The van der Waals surface area contributed by atoms with Crippen molar-refractivity contribution in [3.8, 4) is 11.5 Å². The van der Waals surface area contributed by atoms with Gasteiger partial charge in [-0.15, -0.1) is 0 Å². The summed E-state index contributed by atoms with van der Waals surface area (Å²) in [4.78, 5) is 28.3. The quantitative estimate of drug-likeness (QED) is 0.444. The number of hydrogen-bond acceptors (Lipinski definition) is 5. The van der Waals surface area contributed by atoms with Gasteiger partial charge in [0.15, 0.2) is 5.78 Å². The van der Waals surface area contributed by atoms with E-state index in [2.05, 4.69) is 4.98 Å². The van der Waals surface area contributed by atoms with Crippen molar-refractivity contribution in [1.29, 1.82) is 0 Å². The highest BCUT2D eigenvalue weighted by Gasteiger charge is 2.28. The van der Waals surface area contributed by atoms with Crippen LogP contribution in [0.2, 0.25) is 0 Å². The van der Waals surface area contributed by atoms with Crippen molar-refractivity contribution >= 4 is 11.7 Å². The standard InChI is InChI=1S/C28H22N2O4/c29-28(32)21-8-6-19(7-9-21)27(20-12-14-30-15-13-20)33-22-10-11-23-24(31)17-25(34-26(23)16-22)18-4-2-1-3-5-18/h1-16,25,27H,17H2,(H2,29,32)/t25?,27-/m0/s1. The summed E-state index contributed by atoms with van der Waals surface area (Å²) in [6.45, 7) is 0. The number of carbonyl (C=O) groups excluding carboxylic acids is 2. The molecule has 168 valence electrons. The van der Waals surface area contributed by atoms with Crippen LogP contribution < -0.4 is 15.2 Å². The first-order chi connectivity index (χ1) is 16.6. The Morgan fingerprint density at radius 3 is 2.35 bits per heavy atom. The van der Waals surface area contributed by atoms with Crippen molar-refractivity contribution in [3.63, 3.8) is 0 Å². The maximum atomic E-state index is 12.8. The number of pyridine rings is 1. The largest absolute Gasteiger partial charge is 0.484 e. The SMILES string of the molecule is NC(=O)c1ccc([C@H](Oc2ccc3c(c2)OC(c2ccccc2)CC3=O)c2ccncc2)cc1. The van der Waals surface area contributed by atoms with Gasteiger partial charge in [-0.3, -0.25) is 14.6 Å². The van der Waals surface area contributed by atoms with E-state index in [1.807, 2.05) is 54.6 Å². The molecule has 0 spiro atoms. The Labute approximate surface area is 197 Å². The zero-order valence-corrected chi connectivity index (χ0v) is 18.3. The Hall–Kier alpha value is -4.45. The molecule has 0 bridgehead atoms. The van der Waals surface area contributed by atoms with Gasteiger partial charge in [0.05, 0.1) is 12.0 Å². The smallest absolute Gasteiger partial charge is 0.248 e. The molecule has 1 aliphatic rings. The first kappa shape index (κ1) is 21.4. The minimum absolute atomic E-state index is 0.0365. The molecule has 1 aromatic heterocycles. The highest BCUT2D eigenvalue weighted by atomic mass is 16.5. The number of carbonyl (C=O) groups is 2. The number of Topliss-reactive ketones (excluding diaryl/α,β-unsaturated/α-hetero) is 1. The fraction of sp³-hybridized carbons (Fsp3) is 0.107. The maximum Gasteiger partial charge on any atom is 0.248 e. The number of hydrogen-bond donors (Lipinski definition) is 1. The molecule has 0 fully saturated rings. The number of amides is 1. The molecular weight excluding hydrogens is 428 g/mol. The van der Waals surface area contributed by atoms with Crippen molar-refractivity contribution in [3.05, 3.63) is 125 Å². The van der Waals surface area contributed by atoms with E-state index < -0.39 is 12.0 Å². The molecule has 6 heteroatoms. The highest BCUT2D eigenvalue weighted by Crippen LogP contribution is 2.38. The molecule has 1 amide bonds. The average Bonchev–Trinajstić information content (AvgIpc) is 2.88. The van der Waals surface area contributed by atoms with Crippen molar-refractivity contribution in [2.45, 2.75) is 18.6 Å². The first-order valence-electron chi connectivity index (χ1n) is 10.9. The molecule has 0 saturated heterocycles. The van der Waals surface area contributed by atoms with Crippen LogP contribution in [0.3, 0.4) is 0 Å². The molecule has 2 N–H and O–H groups in total. The van der Waals surface area contributed by atoms with Gasteiger partial charge in [-0.05, 0) is 53.1 Å². The van der Waals surface area contributed by atoms with Crippen molar-refractivity contribution in [2.24, 2.45) is 5.73 Å². The van der Waals surface area contributed by atoms with Gasteiger partial charge in [-0.1, -0.05) is 42.5 Å². The summed E-state index contributed by atoms with van der Waals surface area (Å²) in [5.74, 6) is 0.605. The third kappa shape index (κ3) is 4.38. The van der Waals surface area contributed by atoms with Gasteiger partial charge in [0.2, 0.25) is 5.91 Å². The van der Waals surface area contributed by atoms with Gasteiger partial charge in [0.25, 0.3) is 0 Å². The summed E-state index contributed by atoms with van der Waals surface area (Å²) in [5, 5.41) is 0. The minimum Gasteiger partial charge on any atom is -0.484 e. The number of nitrogens with zero attached hydrogens (tertiary/aromatic N) is 1. The molecule has 2 atom stereocenters. The van der Waals surface area contributed by atoms with Crippen LogP contribution in [0, 0.1) is 0 Å². The third-order valence-corrected chi connectivity index (χ3v) is 5.83. The lowest BCUT2D eigenvalue weighted by Crippen LogP contribution is -2.20. The molecule has 4 aromatic rings. The van der Waals surface area contributed by atoms with Crippen LogP contribution in [0.15, 0.2) is 97.3 Å². The predicted octanol–water partition coefficient (Wildman–Crippen LogP) is 5.06. The highest BCUT2D eigenvalue weighted by molar-refractivity contribution is 6.00. The van der Waals surface area contributed by atoms with E-state index in [9.17, 15) is 9.59 Å². The molecule has 3 aromatic carbocycles. The van der Waals surface area contributed by atoms with Crippen LogP contribution in [0.4, 0.5) is 0 Å². The summed E-state index contributed by atoms with van der Waals surface area (Å²) in [7, 11) is 0. The minimum atomic E-state index is -0.489.